The first-order valence-electron chi connectivity index (χ1n) is 5.63. The van der Waals surface area contributed by atoms with Gasteiger partial charge in [-0.25, -0.2) is 9.78 Å². The maximum absolute atomic E-state index is 11.6. The van der Waals surface area contributed by atoms with Crippen molar-refractivity contribution < 1.29 is 4.79 Å². The fraction of sp³-hybridized carbons (Fsp3) is 0.667. The van der Waals surface area contributed by atoms with Gasteiger partial charge in [-0.2, -0.15) is 0 Å². The lowest BCUT2D eigenvalue weighted by atomic mass is 9.93. The number of thiazole rings is 1. The van der Waals surface area contributed by atoms with Crippen molar-refractivity contribution in [2.24, 2.45) is 0 Å². The molecule has 17 heavy (non-hydrogen) atoms. The summed E-state index contributed by atoms with van der Waals surface area (Å²) in [5.74, 6) is 0. The van der Waals surface area contributed by atoms with Crippen molar-refractivity contribution in [3.8, 4) is 0 Å². The summed E-state index contributed by atoms with van der Waals surface area (Å²) in [7, 11) is 0. The van der Waals surface area contributed by atoms with Gasteiger partial charge in [-0.15, -0.1) is 11.3 Å². The summed E-state index contributed by atoms with van der Waals surface area (Å²) >= 11 is 1.45. The van der Waals surface area contributed by atoms with Gasteiger partial charge in [-0.3, -0.25) is 5.32 Å². The van der Waals surface area contributed by atoms with E-state index >= 15 is 0 Å². The third-order valence-electron chi connectivity index (χ3n) is 1.98. The van der Waals surface area contributed by atoms with Gasteiger partial charge in [-0.1, -0.05) is 20.8 Å². The summed E-state index contributed by atoms with van der Waals surface area (Å²) in [5.41, 5.74) is 0.763. The predicted molar refractivity (Wildman–Crippen MR) is 72.7 cm³/mol. The number of hydrogen-bond donors (Lipinski definition) is 2. The molecule has 0 aromatic carbocycles. The van der Waals surface area contributed by atoms with Gasteiger partial charge in [0.2, 0.25) is 0 Å². The van der Waals surface area contributed by atoms with Crippen molar-refractivity contribution in [2.45, 2.75) is 52.5 Å². The first-order chi connectivity index (χ1) is 7.58. The van der Waals surface area contributed by atoms with Crippen LogP contribution in [0.5, 0.6) is 0 Å². The summed E-state index contributed by atoms with van der Waals surface area (Å²) < 4.78 is 0. The van der Waals surface area contributed by atoms with Crippen LogP contribution in [0.15, 0.2) is 5.38 Å². The third-order valence-corrected chi connectivity index (χ3v) is 2.74. The summed E-state index contributed by atoms with van der Waals surface area (Å²) in [5, 5.41) is 8.20. The van der Waals surface area contributed by atoms with Crippen LogP contribution in [-0.2, 0) is 5.41 Å². The van der Waals surface area contributed by atoms with E-state index in [1.54, 1.807) is 0 Å². The molecule has 0 unspecified atom stereocenters. The molecule has 1 rings (SSSR count). The van der Waals surface area contributed by atoms with Crippen LogP contribution in [0.1, 0.15) is 47.2 Å². The van der Waals surface area contributed by atoms with Gasteiger partial charge < -0.3 is 5.32 Å². The third kappa shape index (κ3) is 4.73. The molecule has 0 aliphatic heterocycles. The second kappa shape index (κ2) is 4.64. The average Bonchev–Trinajstić information content (AvgIpc) is 2.47. The Labute approximate surface area is 107 Å². The van der Waals surface area contributed by atoms with Crippen molar-refractivity contribution in [3.63, 3.8) is 0 Å². The Bertz CT molecular complexity index is 399. The van der Waals surface area contributed by atoms with Crippen molar-refractivity contribution in [3.05, 3.63) is 11.1 Å². The number of hydrogen-bond acceptors (Lipinski definition) is 3. The summed E-state index contributed by atoms with van der Waals surface area (Å²) in [6, 6.07) is -0.215. The second-order valence-corrected chi connectivity index (χ2v) is 6.98. The molecule has 0 fully saturated rings. The number of urea groups is 1. The van der Waals surface area contributed by atoms with Crippen molar-refractivity contribution >= 4 is 22.5 Å². The lowest BCUT2D eigenvalue weighted by molar-refractivity contribution is 0.244. The number of carbonyl (C=O) groups is 1. The maximum atomic E-state index is 11.6. The Morgan fingerprint density at radius 1 is 1.24 bits per heavy atom. The van der Waals surface area contributed by atoms with Crippen LogP contribution in [0.4, 0.5) is 9.93 Å². The van der Waals surface area contributed by atoms with Gasteiger partial charge in [0.05, 0.1) is 5.69 Å². The van der Waals surface area contributed by atoms with Crippen LogP contribution in [-0.4, -0.2) is 16.6 Å². The quantitative estimate of drug-likeness (QED) is 0.808. The standard InChI is InChI=1S/C12H21N3OS/c1-11(2,3)8-7-17-10(13-8)14-9(16)15-12(4,5)6/h7H,1-6H3,(H2,13,14,15,16). The highest BCUT2D eigenvalue weighted by Gasteiger charge is 2.19. The fourth-order valence-electron chi connectivity index (χ4n) is 1.14. The number of nitrogens with one attached hydrogen (secondary N) is 2. The molecule has 4 nitrogen and oxygen atoms in total. The number of nitrogens with zero attached hydrogens (tertiary/aromatic N) is 1. The van der Waals surface area contributed by atoms with Crippen LogP contribution in [0.3, 0.4) is 0 Å². The highest BCUT2D eigenvalue weighted by molar-refractivity contribution is 7.13. The monoisotopic (exact) mass is 255 g/mol. The maximum Gasteiger partial charge on any atom is 0.321 e. The summed E-state index contributed by atoms with van der Waals surface area (Å²) in [6.07, 6.45) is 0. The van der Waals surface area contributed by atoms with E-state index in [9.17, 15) is 4.79 Å². The molecular weight excluding hydrogens is 234 g/mol. The SMILES string of the molecule is CC(C)(C)NC(=O)Nc1nc(C(C)(C)C)cs1. The van der Waals surface area contributed by atoms with E-state index in [4.69, 9.17) is 0 Å². The molecule has 96 valence electrons. The van der Waals surface area contributed by atoms with Crippen molar-refractivity contribution in [1.82, 2.24) is 10.3 Å². The predicted octanol–water partition coefficient (Wildman–Crippen LogP) is 3.36. The molecule has 0 saturated heterocycles. The molecule has 0 bridgehead atoms. The highest BCUT2D eigenvalue weighted by atomic mass is 32.1. The summed E-state index contributed by atoms with van der Waals surface area (Å²) in [6.45, 7) is 12.1. The first kappa shape index (κ1) is 14.0. The van der Waals surface area contributed by atoms with E-state index in [1.165, 1.54) is 11.3 Å². The minimum Gasteiger partial charge on any atom is -0.333 e. The van der Waals surface area contributed by atoms with E-state index in [0.717, 1.165) is 5.69 Å². The van der Waals surface area contributed by atoms with Gasteiger partial charge in [0.15, 0.2) is 5.13 Å². The fourth-order valence-corrected chi connectivity index (χ4v) is 2.08. The van der Waals surface area contributed by atoms with Crippen LogP contribution in [0.2, 0.25) is 0 Å². The van der Waals surface area contributed by atoms with Gasteiger partial charge in [-0.05, 0) is 20.8 Å². The van der Waals surface area contributed by atoms with E-state index in [0.29, 0.717) is 5.13 Å². The second-order valence-electron chi connectivity index (χ2n) is 6.12. The molecule has 0 spiro atoms. The molecule has 0 aliphatic carbocycles. The topological polar surface area (TPSA) is 54.0 Å². The number of amides is 2. The van der Waals surface area contributed by atoms with E-state index < -0.39 is 0 Å². The molecule has 2 N–H and O–H groups in total. The van der Waals surface area contributed by atoms with Crippen molar-refractivity contribution in [2.75, 3.05) is 5.32 Å². The average molecular weight is 255 g/mol. The Kier molecular flexibility index (Phi) is 3.81. The molecular formula is C12H21N3OS. The Morgan fingerprint density at radius 3 is 2.24 bits per heavy atom. The molecule has 0 aliphatic rings. The normalized spacial score (nSPS) is 12.4. The number of anilines is 1. The smallest absolute Gasteiger partial charge is 0.321 e. The zero-order valence-electron chi connectivity index (χ0n) is 11.3. The molecule has 1 heterocycles. The molecule has 2 amide bonds. The zero-order valence-corrected chi connectivity index (χ0v) is 12.2. The highest BCUT2D eigenvalue weighted by Crippen LogP contribution is 2.26. The molecule has 1 aromatic rings. The van der Waals surface area contributed by atoms with Crippen LogP contribution in [0.25, 0.3) is 0 Å². The van der Waals surface area contributed by atoms with Crippen molar-refractivity contribution in [1.29, 1.82) is 0 Å². The largest absolute Gasteiger partial charge is 0.333 e. The van der Waals surface area contributed by atoms with Crippen LogP contribution < -0.4 is 10.6 Å². The van der Waals surface area contributed by atoms with E-state index in [2.05, 4.69) is 36.4 Å². The van der Waals surface area contributed by atoms with Gasteiger partial charge in [0, 0.05) is 16.3 Å². The Balaban J connectivity index is 2.65. The van der Waals surface area contributed by atoms with Crippen LogP contribution in [0, 0.1) is 0 Å². The number of carbonyl (C=O) groups excluding carboxylic acids is 1. The zero-order chi connectivity index (χ0) is 13.3. The number of aromatic nitrogens is 1. The van der Waals surface area contributed by atoms with E-state index in [1.807, 2.05) is 26.2 Å². The minimum absolute atomic E-state index is 0.0108. The van der Waals surface area contributed by atoms with Gasteiger partial charge in [0.1, 0.15) is 0 Å². The number of rotatable bonds is 1. The molecule has 0 atom stereocenters. The minimum atomic E-state index is -0.242. The van der Waals surface area contributed by atoms with Gasteiger partial charge in [0.25, 0.3) is 0 Å². The lowest BCUT2D eigenvalue weighted by Gasteiger charge is -2.20. The molecule has 0 radical (unpaired) electrons. The van der Waals surface area contributed by atoms with E-state index in [-0.39, 0.29) is 17.0 Å². The molecule has 0 saturated carbocycles. The van der Waals surface area contributed by atoms with Crippen LogP contribution >= 0.6 is 11.3 Å². The molecule has 5 heteroatoms. The lowest BCUT2D eigenvalue weighted by Crippen LogP contribution is -2.43. The molecule has 1 aromatic heterocycles. The Hall–Kier alpha value is -1.10. The summed E-state index contributed by atoms with van der Waals surface area (Å²) in [4.78, 5) is 16.0. The first-order valence-corrected chi connectivity index (χ1v) is 6.51. The Morgan fingerprint density at radius 2 is 1.82 bits per heavy atom. The van der Waals surface area contributed by atoms with Gasteiger partial charge >= 0.3 is 6.03 Å².